The second-order valence-electron chi connectivity index (χ2n) is 6.24. The van der Waals surface area contributed by atoms with Gasteiger partial charge >= 0.3 is 5.69 Å². The first-order valence-electron chi connectivity index (χ1n) is 8.35. The van der Waals surface area contributed by atoms with Crippen LogP contribution >= 0.6 is 0 Å². The molecule has 0 N–H and O–H groups in total. The summed E-state index contributed by atoms with van der Waals surface area (Å²) in [6.45, 7) is 2.48. The van der Waals surface area contributed by atoms with Crippen molar-refractivity contribution in [3.05, 3.63) is 62.8 Å². The van der Waals surface area contributed by atoms with Crippen LogP contribution in [0.25, 0.3) is 0 Å². The Morgan fingerprint density at radius 3 is 2.36 bits per heavy atom. The number of hydrogen-bond donors (Lipinski definition) is 0. The molecule has 0 atom stereocenters. The number of amides is 1. The maximum atomic E-state index is 12.6. The van der Waals surface area contributed by atoms with E-state index in [1.165, 1.54) is 17.7 Å². The molecule has 1 fully saturated rings. The summed E-state index contributed by atoms with van der Waals surface area (Å²) in [7, 11) is 3.13. The van der Waals surface area contributed by atoms with Crippen LogP contribution in [-0.2, 0) is 14.1 Å². The van der Waals surface area contributed by atoms with Crippen molar-refractivity contribution in [3.8, 4) is 0 Å². The molecule has 25 heavy (non-hydrogen) atoms. The smallest absolute Gasteiger partial charge is 0.332 e. The largest absolute Gasteiger partial charge is 0.356 e. The van der Waals surface area contributed by atoms with Crippen LogP contribution in [0.15, 0.2) is 46.0 Å². The summed E-state index contributed by atoms with van der Waals surface area (Å²) in [6.07, 6.45) is 0.780. The number of nitrogens with zero attached hydrogens (tertiary/aromatic N) is 4. The van der Waals surface area contributed by atoms with E-state index >= 15 is 0 Å². The van der Waals surface area contributed by atoms with E-state index in [0.29, 0.717) is 37.6 Å². The third kappa shape index (κ3) is 3.35. The molecule has 0 saturated carbocycles. The molecule has 3 rings (SSSR count). The van der Waals surface area contributed by atoms with Gasteiger partial charge in [0.05, 0.1) is 0 Å². The summed E-state index contributed by atoms with van der Waals surface area (Å²) in [5.74, 6) is 0.613. The van der Waals surface area contributed by atoms with Gasteiger partial charge < -0.3 is 9.80 Å². The van der Waals surface area contributed by atoms with Crippen molar-refractivity contribution in [2.75, 3.05) is 31.1 Å². The van der Waals surface area contributed by atoms with Crippen molar-refractivity contribution >= 4 is 11.7 Å². The van der Waals surface area contributed by atoms with Crippen LogP contribution in [0.5, 0.6) is 0 Å². The molecule has 1 aliphatic heterocycles. The molecule has 2 aromatic rings. The predicted octanol–water partition coefficient (Wildman–Crippen LogP) is 0.436. The number of anilines is 1. The topological polar surface area (TPSA) is 67.5 Å². The van der Waals surface area contributed by atoms with Gasteiger partial charge in [-0.3, -0.25) is 18.7 Å². The number of rotatable bonds is 2. The number of carbonyl (C=O) groups excluding carboxylic acids is 1. The molecule has 2 heterocycles. The Hall–Kier alpha value is -2.83. The molecule has 0 aliphatic carbocycles. The molecule has 1 aliphatic rings. The molecule has 1 aromatic heterocycles. The standard InChI is InChI=1S/C18H22N4O3/c1-19-15(13-16(23)20(2)18(19)25)21-9-6-10-22(12-11-21)17(24)14-7-4-3-5-8-14/h3-5,7-8,13H,6,9-12H2,1-2H3. The second-order valence-corrected chi connectivity index (χ2v) is 6.24. The van der Waals surface area contributed by atoms with Crippen molar-refractivity contribution in [1.29, 1.82) is 0 Å². The van der Waals surface area contributed by atoms with Gasteiger partial charge in [0.15, 0.2) is 0 Å². The zero-order valence-electron chi connectivity index (χ0n) is 14.5. The van der Waals surface area contributed by atoms with Crippen molar-refractivity contribution < 1.29 is 4.79 Å². The lowest BCUT2D eigenvalue weighted by atomic mass is 10.2. The van der Waals surface area contributed by atoms with Crippen LogP contribution in [0.1, 0.15) is 16.8 Å². The first kappa shape index (κ1) is 17.0. The minimum absolute atomic E-state index is 0.0142. The van der Waals surface area contributed by atoms with Crippen LogP contribution in [0, 0.1) is 0 Å². The summed E-state index contributed by atoms with van der Waals surface area (Å²) in [4.78, 5) is 40.5. The van der Waals surface area contributed by atoms with E-state index in [-0.39, 0.29) is 17.2 Å². The average molecular weight is 342 g/mol. The number of aromatic nitrogens is 2. The zero-order valence-corrected chi connectivity index (χ0v) is 14.5. The molecule has 0 radical (unpaired) electrons. The van der Waals surface area contributed by atoms with Gasteiger partial charge in [0.1, 0.15) is 5.82 Å². The Morgan fingerprint density at radius 1 is 0.920 bits per heavy atom. The van der Waals surface area contributed by atoms with Gasteiger partial charge in [-0.15, -0.1) is 0 Å². The van der Waals surface area contributed by atoms with E-state index < -0.39 is 0 Å². The molecule has 0 unspecified atom stereocenters. The second kappa shape index (κ2) is 6.96. The van der Waals surface area contributed by atoms with E-state index in [1.54, 1.807) is 7.05 Å². The van der Waals surface area contributed by atoms with Gasteiger partial charge in [-0.05, 0) is 18.6 Å². The number of hydrogen-bond acceptors (Lipinski definition) is 4. The quantitative estimate of drug-likeness (QED) is 0.794. The third-order valence-corrected chi connectivity index (χ3v) is 4.63. The molecule has 7 heteroatoms. The molecule has 1 aromatic carbocycles. The van der Waals surface area contributed by atoms with Gasteiger partial charge in [-0.1, -0.05) is 18.2 Å². The fraction of sp³-hybridized carbons (Fsp3) is 0.389. The lowest BCUT2D eigenvalue weighted by molar-refractivity contribution is 0.0767. The first-order valence-corrected chi connectivity index (χ1v) is 8.35. The van der Waals surface area contributed by atoms with Gasteiger partial charge in [0, 0.05) is 51.9 Å². The zero-order chi connectivity index (χ0) is 18.0. The van der Waals surface area contributed by atoms with Crippen LogP contribution in [-0.4, -0.2) is 46.1 Å². The Morgan fingerprint density at radius 2 is 1.64 bits per heavy atom. The minimum Gasteiger partial charge on any atom is -0.356 e. The monoisotopic (exact) mass is 342 g/mol. The third-order valence-electron chi connectivity index (χ3n) is 4.63. The van der Waals surface area contributed by atoms with Gasteiger partial charge in [-0.25, -0.2) is 4.79 Å². The highest BCUT2D eigenvalue weighted by molar-refractivity contribution is 5.94. The molecule has 1 amide bonds. The van der Waals surface area contributed by atoms with Crippen molar-refractivity contribution in [3.63, 3.8) is 0 Å². The average Bonchev–Trinajstić information content (AvgIpc) is 2.89. The highest BCUT2D eigenvalue weighted by Gasteiger charge is 2.22. The van der Waals surface area contributed by atoms with Gasteiger partial charge in [0.25, 0.3) is 11.5 Å². The summed E-state index contributed by atoms with van der Waals surface area (Å²) < 4.78 is 2.57. The molecular formula is C18H22N4O3. The summed E-state index contributed by atoms with van der Waals surface area (Å²) >= 11 is 0. The van der Waals surface area contributed by atoms with E-state index in [2.05, 4.69) is 0 Å². The predicted molar refractivity (Wildman–Crippen MR) is 96.1 cm³/mol. The SMILES string of the molecule is Cn1c(N2CCCN(C(=O)c3ccccc3)CC2)cc(=O)n(C)c1=O. The van der Waals surface area contributed by atoms with Crippen molar-refractivity contribution in [1.82, 2.24) is 14.0 Å². The molecule has 1 saturated heterocycles. The van der Waals surface area contributed by atoms with E-state index in [9.17, 15) is 14.4 Å². The van der Waals surface area contributed by atoms with Crippen molar-refractivity contribution in [2.45, 2.75) is 6.42 Å². The molecule has 0 bridgehead atoms. The van der Waals surface area contributed by atoms with Gasteiger partial charge in [0.2, 0.25) is 0 Å². The van der Waals surface area contributed by atoms with Crippen LogP contribution < -0.4 is 16.1 Å². The normalized spacial score (nSPS) is 15.1. The van der Waals surface area contributed by atoms with E-state index in [1.807, 2.05) is 40.1 Å². The molecule has 7 nitrogen and oxygen atoms in total. The lowest BCUT2D eigenvalue weighted by Crippen LogP contribution is -2.41. The lowest BCUT2D eigenvalue weighted by Gasteiger charge is -2.25. The van der Waals surface area contributed by atoms with Crippen LogP contribution in [0.3, 0.4) is 0 Å². The Bertz CT molecular complexity index is 885. The highest BCUT2D eigenvalue weighted by Crippen LogP contribution is 2.14. The Kier molecular flexibility index (Phi) is 4.74. The summed E-state index contributed by atoms with van der Waals surface area (Å²) in [6, 6.07) is 10.7. The highest BCUT2D eigenvalue weighted by atomic mass is 16.2. The summed E-state index contributed by atoms with van der Waals surface area (Å²) in [5.41, 5.74) is 0.0143. The van der Waals surface area contributed by atoms with E-state index in [0.717, 1.165) is 11.0 Å². The fourth-order valence-corrected chi connectivity index (χ4v) is 3.14. The number of benzene rings is 1. The van der Waals surface area contributed by atoms with Crippen LogP contribution in [0.2, 0.25) is 0 Å². The van der Waals surface area contributed by atoms with Gasteiger partial charge in [-0.2, -0.15) is 0 Å². The molecule has 132 valence electrons. The van der Waals surface area contributed by atoms with Crippen molar-refractivity contribution in [2.24, 2.45) is 14.1 Å². The fourth-order valence-electron chi connectivity index (χ4n) is 3.14. The van der Waals surface area contributed by atoms with E-state index in [4.69, 9.17) is 0 Å². The minimum atomic E-state index is -0.344. The molecule has 0 spiro atoms. The Balaban J connectivity index is 1.80. The Labute approximate surface area is 145 Å². The summed E-state index contributed by atoms with van der Waals surface area (Å²) in [5, 5.41) is 0. The maximum Gasteiger partial charge on any atom is 0.332 e. The first-order chi connectivity index (χ1) is 12.0. The van der Waals surface area contributed by atoms with Crippen LogP contribution in [0.4, 0.5) is 5.82 Å². The maximum absolute atomic E-state index is 12.6. The molecular weight excluding hydrogens is 320 g/mol. The number of carbonyl (C=O) groups is 1.